The summed E-state index contributed by atoms with van der Waals surface area (Å²) in [5, 5.41) is 10.4. The number of nitrogen functional groups attached to an aromatic ring is 1. The number of hydrogen-bond donors (Lipinski definition) is 2. The number of anilines is 1. The minimum absolute atomic E-state index is 0.0283. The molecule has 4 atom stereocenters. The Hall–Kier alpha value is -2.42. The van der Waals surface area contributed by atoms with Crippen LogP contribution in [0.2, 0.25) is 0 Å². The first-order chi connectivity index (χ1) is 16.1. The second-order valence-electron chi connectivity index (χ2n) is 7.58. The van der Waals surface area contributed by atoms with E-state index in [-0.39, 0.29) is 23.6 Å². The molecule has 2 aliphatic heterocycles. The molecular weight excluding hydrogens is 505 g/mol. The summed E-state index contributed by atoms with van der Waals surface area (Å²) in [6.45, 7) is -4.93. The number of aliphatic hydroxyl groups excluding tert-OH is 1. The zero-order valence-electron chi connectivity index (χ0n) is 16.9. The van der Waals surface area contributed by atoms with E-state index in [0.29, 0.717) is 15.9 Å². The SMILES string of the molecule is Nc1ncnc2c1ncn2[C@@H]1O[C@@](COP2(=S)OCc3ccccc3O2)(C(F)F)[C@@H](O)C1(F)F. The first-order valence-electron chi connectivity index (χ1n) is 9.69. The van der Waals surface area contributed by atoms with Gasteiger partial charge in [0.15, 0.2) is 23.2 Å². The summed E-state index contributed by atoms with van der Waals surface area (Å²) in [4.78, 5) is 11.4. The molecule has 3 N–H and O–H groups in total. The summed E-state index contributed by atoms with van der Waals surface area (Å²) >= 11 is 5.21. The van der Waals surface area contributed by atoms with E-state index in [9.17, 15) is 13.9 Å². The van der Waals surface area contributed by atoms with Crippen molar-refractivity contribution in [2.24, 2.45) is 0 Å². The molecule has 1 unspecified atom stereocenters. The fourth-order valence-electron chi connectivity index (χ4n) is 3.69. The molecule has 0 radical (unpaired) electrons. The standard InChI is InChI=1S/C18H16F4N5O5PS/c19-15(20)17(6-30-33(34)29-5-9-3-1-2-4-10(9)32-33)14(28)18(21,22)16(31-17)27-8-26-11-12(23)24-7-25-13(11)27/h1-4,7-8,14-16,28H,5-6H2,(H2,23,24,25)/t14-,16-,17-,33?/m1/s1. The molecular formula is C18H16F4N5O5PS. The second-order valence-corrected chi connectivity index (χ2v) is 10.5. The van der Waals surface area contributed by atoms with Gasteiger partial charge in [-0.3, -0.25) is 13.6 Å². The lowest BCUT2D eigenvalue weighted by molar-refractivity contribution is -0.192. The summed E-state index contributed by atoms with van der Waals surface area (Å²) in [6, 6.07) is 6.67. The van der Waals surface area contributed by atoms with Gasteiger partial charge < -0.3 is 20.1 Å². The molecule has 2 aliphatic rings. The van der Waals surface area contributed by atoms with Crippen molar-refractivity contribution in [1.82, 2.24) is 19.5 Å². The summed E-state index contributed by atoms with van der Waals surface area (Å²) in [7, 11) is 0. The number of benzene rings is 1. The number of hydrogen-bond acceptors (Lipinski definition) is 10. The highest BCUT2D eigenvalue weighted by Gasteiger charge is 2.71. The molecule has 5 rings (SSSR count). The summed E-state index contributed by atoms with van der Waals surface area (Å²) < 4.78 is 80.8. The third-order valence-electron chi connectivity index (χ3n) is 5.51. The van der Waals surface area contributed by atoms with Gasteiger partial charge in [-0.15, -0.1) is 0 Å². The number of para-hydroxylation sites is 1. The average molecular weight is 521 g/mol. The topological polar surface area (TPSA) is 127 Å². The van der Waals surface area contributed by atoms with Crippen LogP contribution in [0.4, 0.5) is 23.4 Å². The molecule has 0 amide bonds. The van der Waals surface area contributed by atoms with Gasteiger partial charge >= 0.3 is 12.6 Å². The van der Waals surface area contributed by atoms with Gasteiger partial charge in [0.1, 0.15) is 17.6 Å². The summed E-state index contributed by atoms with van der Waals surface area (Å²) in [5.41, 5.74) is 2.90. The molecule has 1 aromatic carbocycles. The van der Waals surface area contributed by atoms with E-state index in [0.717, 1.165) is 12.7 Å². The monoisotopic (exact) mass is 521 g/mol. The Morgan fingerprint density at radius 2 is 2.06 bits per heavy atom. The van der Waals surface area contributed by atoms with Crippen LogP contribution in [0.15, 0.2) is 36.9 Å². The van der Waals surface area contributed by atoms with Gasteiger partial charge in [0.05, 0.1) is 19.5 Å². The molecule has 2 aromatic heterocycles. The molecule has 10 nitrogen and oxygen atoms in total. The predicted molar refractivity (Wildman–Crippen MR) is 112 cm³/mol. The van der Waals surface area contributed by atoms with Crippen molar-refractivity contribution in [3.8, 4) is 5.75 Å². The average Bonchev–Trinajstić information content (AvgIpc) is 3.31. The van der Waals surface area contributed by atoms with Crippen molar-refractivity contribution < 1.29 is 41.0 Å². The molecule has 1 fully saturated rings. The van der Waals surface area contributed by atoms with Crippen LogP contribution in [0.3, 0.4) is 0 Å². The van der Waals surface area contributed by atoms with E-state index in [4.69, 9.17) is 35.8 Å². The smallest absolute Gasteiger partial charge is 0.381 e. The molecule has 16 heteroatoms. The number of halogens is 4. The van der Waals surface area contributed by atoms with Gasteiger partial charge in [-0.1, -0.05) is 18.2 Å². The van der Waals surface area contributed by atoms with Crippen LogP contribution in [-0.4, -0.2) is 55.3 Å². The Balaban J connectivity index is 1.45. The molecule has 0 saturated carbocycles. The minimum Gasteiger partial charge on any atom is -0.424 e. The number of rotatable bonds is 5. The molecule has 1 saturated heterocycles. The quantitative estimate of drug-likeness (QED) is 0.382. The van der Waals surface area contributed by atoms with Gasteiger partial charge in [0, 0.05) is 17.4 Å². The van der Waals surface area contributed by atoms with Crippen LogP contribution in [0.1, 0.15) is 11.8 Å². The number of imidazole rings is 1. The van der Waals surface area contributed by atoms with Crippen LogP contribution < -0.4 is 10.3 Å². The Kier molecular flexibility index (Phi) is 5.54. The molecule has 0 spiro atoms. The highest BCUT2D eigenvalue weighted by molar-refractivity contribution is 8.07. The van der Waals surface area contributed by atoms with Gasteiger partial charge in [-0.05, 0) is 6.07 Å². The summed E-state index contributed by atoms with van der Waals surface area (Å²) in [6.07, 6.45) is -7.13. The lowest BCUT2D eigenvalue weighted by Gasteiger charge is -2.34. The van der Waals surface area contributed by atoms with Gasteiger partial charge in [-0.2, -0.15) is 8.78 Å². The highest BCUT2D eigenvalue weighted by Crippen LogP contribution is 2.57. The fourth-order valence-corrected chi connectivity index (χ4v) is 5.51. The Bertz CT molecular complexity index is 1300. The van der Waals surface area contributed by atoms with Crippen LogP contribution in [0.25, 0.3) is 11.2 Å². The second kappa shape index (κ2) is 8.07. The van der Waals surface area contributed by atoms with E-state index in [2.05, 4.69) is 15.0 Å². The first-order valence-corrected chi connectivity index (χ1v) is 12.2. The lowest BCUT2D eigenvalue weighted by Crippen LogP contribution is -2.54. The number of nitrogens with zero attached hydrogens (tertiary/aromatic N) is 4. The van der Waals surface area contributed by atoms with Gasteiger partial charge in [0.2, 0.25) is 6.23 Å². The lowest BCUT2D eigenvalue weighted by atomic mass is 9.96. The van der Waals surface area contributed by atoms with Gasteiger partial charge in [0.25, 0.3) is 6.43 Å². The van der Waals surface area contributed by atoms with E-state index < -0.39 is 43.6 Å². The highest BCUT2D eigenvalue weighted by atomic mass is 32.5. The largest absolute Gasteiger partial charge is 0.424 e. The van der Waals surface area contributed by atoms with Crippen molar-refractivity contribution in [1.29, 1.82) is 0 Å². The summed E-state index contributed by atoms with van der Waals surface area (Å²) in [5.74, 6) is -4.00. The van der Waals surface area contributed by atoms with Crippen molar-refractivity contribution >= 4 is 35.5 Å². The van der Waals surface area contributed by atoms with E-state index in [1.807, 2.05) is 0 Å². The predicted octanol–water partition coefficient (Wildman–Crippen LogP) is 2.79. The van der Waals surface area contributed by atoms with Crippen LogP contribution in [0.5, 0.6) is 5.75 Å². The van der Waals surface area contributed by atoms with Crippen molar-refractivity contribution in [3.63, 3.8) is 0 Å². The number of alkyl halides is 4. The van der Waals surface area contributed by atoms with E-state index in [1.165, 1.54) is 0 Å². The number of fused-ring (bicyclic) bond motifs is 2. The normalized spacial score (nSPS) is 30.4. The zero-order chi connectivity index (χ0) is 24.3. The zero-order valence-corrected chi connectivity index (χ0v) is 18.6. The van der Waals surface area contributed by atoms with Crippen LogP contribution in [0, 0.1) is 0 Å². The van der Waals surface area contributed by atoms with Crippen molar-refractivity contribution in [3.05, 3.63) is 42.5 Å². The molecule has 3 aromatic rings. The number of aliphatic hydroxyl groups is 1. The Morgan fingerprint density at radius 3 is 2.82 bits per heavy atom. The first kappa shape index (κ1) is 23.3. The number of aromatic nitrogens is 4. The number of ether oxygens (including phenoxy) is 1. The number of nitrogens with two attached hydrogens (primary N) is 1. The van der Waals surface area contributed by atoms with E-state index in [1.54, 1.807) is 24.3 Å². The molecule has 4 heterocycles. The molecule has 182 valence electrons. The van der Waals surface area contributed by atoms with Crippen molar-refractivity contribution in [2.75, 3.05) is 12.3 Å². The molecule has 0 bridgehead atoms. The third-order valence-corrected chi connectivity index (χ3v) is 7.67. The Labute approximate surface area is 193 Å². The third kappa shape index (κ3) is 3.54. The minimum atomic E-state index is -4.21. The van der Waals surface area contributed by atoms with Gasteiger partial charge in [-0.25, -0.2) is 23.7 Å². The maximum absolute atomic E-state index is 15.1. The maximum Gasteiger partial charge on any atom is 0.381 e. The molecule has 34 heavy (non-hydrogen) atoms. The van der Waals surface area contributed by atoms with Crippen LogP contribution in [-0.2, 0) is 32.2 Å². The van der Waals surface area contributed by atoms with E-state index >= 15 is 8.78 Å². The Morgan fingerprint density at radius 1 is 1.29 bits per heavy atom. The van der Waals surface area contributed by atoms with Crippen LogP contribution >= 0.6 is 6.72 Å². The fraction of sp³-hybridized carbons (Fsp3) is 0.389. The maximum atomic E-state index is 15.1. The molecule has 0 aliphatic carbocycles. The van der Waals surface area contributed by atoms with Crippen molar-refractivity contribution in [2.45, 2.75) is 36.9 Å².